The van der Waals surface area contributed by atoms with Gasteiger partial charge in [-0.2, -0.15) is 5.10 Å². The minimum atomic E-state index is -0.408. The van der Waals surface area contributed by atoms with E-state index in [1.165, 1.54) is 6.07 Å². The Labute approximate surface area is 172 Å². The minimum absolute atomic E-state index is 0.0609. The Morgan fingerprint density at radius 1 is 1.10 bits per heavy atom. The van der Waals surface area contributed by atoms with Crippen LogP contribution in [0.25, 0.3) is 11.3 Å². The van der Waals surface area contributed by atoms with Crippen molar-refractivity contribution in [3.8, 4) is 11.3 Å². The van der Waals surface area contributed by atoms with Gasteiger partial charge < -0.3 is 5.32 Å². The van der Waals surface area contributed by atoms with Crippen LogP contribution in [-0.2, 0) is 16.1 Å². The van der Waals surface area contributed by atoms with Crippen LogP contribution in [0.1, 0.15) is 25.0 Å². The highest BCUT2D eigenvalue weighted by atomic mass is 19.1. The number of anilines is 2. The minimum Gasteiger partial charge on any atom is -0.311 e. The average molecular weight is 408 g/mol. The van der Waals surface area contributed by atoms with Gasteiger partial charge in [-0.3, -0.25) is 19.5 Å². The molecule has 9 heteroatoms. The molecule has 0 spiro atoms. The molecule has 0 bridgehead atoms. The van der Waals surface area contributed by atoms with Crippen molar-refractivity contribution in [1.82, 2.24) is 19.7 Å². The number of hydrogen-bond donors (Lipinski definition) is 1. The molecule has 1 aliphatic heterocycles. The van der Waals surface area contributed by atoms with Gasteiger partial charge >= 0.3 is 0 Å². The molecule has 0 aliphatic carbocycles. The number of hydrogen-bond acceptors (Lipinski definition) is 5. The summed E-state index contributed by atoms with van der Waals surface area (Å²) in [6.07, 6.45) is 3.70. The van der Waals surface area contributed by atoms with E-state index in [2.05, 4.69) is 20.4 Å². The number of halogens is 1. The number of aromatic nitrogens is 4. The third-order valence-electron chi connectivity index (χ3n) is 4.83. The van der Waals surface area contributed by atoms with Crippen molar-refractivity contribution in [1.29, 1.82) is 0 Å². The summed E-state index contributed by atoms with van der Waals surface area (Å²) >= 11 is 0. The van der Waals surface area contributed by atoms with Gasteiger partial charge in [0.1, 0.15) is 17.5 Å². The molecular formula is C21H21FN6O2. The van der Waals surface area contributed by atoms with Crippen LogP contribution in [0, 0.1) is 12.7 Å². The molecule has 1 aliphatic rings. The third kappa shape index (κ3) is 4.35. The van der Waals surface area contributed by atoms with Crippen LogP contribution in [0.15, 0.2) is 42.7 Å². The quantitative estimate of drug-likeness (QED) is 0.701. The van der Waals surface area contributed by atoms with Gasteiger partial charge in [0.25, 0.3) is 0 Å². The van der Waals surface area contributed by atoms with Crippen LogP contribution in [0.2, 0.25) is 0 Å². The van der Waals surface area contributed by atoms with Gasteiger partial charge in [-0.05, 0) is 37.6 Å². The van der Waals surface area contributed by atoms with Gasteiger partial charge in [0.15, 0.2) is 0 Å². The van der Waals surface area contributed by atoms with Crippen LogP contribution >= 0.6 is 0 Å². The van der Waals surface area contributed by atoms with Crippen molar-refractivity contribution in [3.05, 3.63) is 54.2 Å². The van der Waals surface area contributed by atoms with Crippen molar-refractivity contribution in [2.75, 3.05) is 16.8 Å². The number of carbonyl (C=O) groups is 2. The van der Waals surface area contributed by atoms with E-state index in [0.29, 0.717) is 23.6 Å². The van der Waals surface area contributed by atoms with E-state index >= 15 is 0 Å². The molecule has 3 aromatic heterocycles. The summed E-state index contributed by atoms with van der Waals surface area (Å²) in [5, 5.41) is 7.07. The Balaban J connectivity index is 1.32. The summed E-state index contributed by atoms with van der Waals surface area (Å²) in [5.74, 6) is 0.372. The van der Waals surface area contributed by atoms with Crippen LogP contribution in [0.3, 0.4) is 0 Å². The Hall–Kier alpha value is -3.62. The zero-order valence-corrected chi connectivity index (χ0v) is 16.5. The number of aryl methyl sites for hydroxylation is 2. The summed E-state index contributed by atoms with van der Waals surface area (Å²) in [7, 11) is 0. The normalized spacial score (nSPS) is 13.1. The lowest BCUT2D eigenvalue weighted by Crippen LogP contribution is -2.37. The number of nitrogens with one attached hydrogen (secondary N) is 1. The van der Waals surface area contributed by atoms with Gasteiger partial charge in [-0.25, -0.2) is 14.1 Å². The van der Waals surface area contributed by atoms with Crippen LogP contribution in [-0.4, -0.2) is 38.1 Å². The molecule has 3 aromatic rings. The van der Waals surface area contributed by atoms with Crippen molar-refractivity contribution in [2.45, 2.75) is 32.7 Å². The van der Waals surface area contributed by atoms with E-state index in [-0.39, 0.29) is 24.7 Å². The first-order valence-electron chi connectivity index (χ1n) is 9.72. The summed E-state index contributed by atoms with van der Waals surface area (Å²) in [6.45, 7) is 3.32. The first-order valence-corrected chi connectivity index (χ1v) is 9.72. The number of pyridine rings is 2. The number of carbonyl (C=O) groups excluding carboxylic acids is 2. The molecule has 154 valence electrons. The van der Waals surface area contributed by atoms with Gasteiger partial charge in [-0.1, -0.05) is 0 Å². The number of fused-ring (bicyclic) bond motifs is 1. The smallest absolute Gasteiger partial charge is 0.228 e. The summed E-state index contributed by atoms with van der Waals surface area (Å²) < 4.78 is 14.8. The average Bonchev–Trinajstić information content (AvgIpc) is 3.13. The van der Waals surface area contributed by atoms with Crippen molar-refractivity contribution >= 4 is 23.5 Å². The lowest BCUT2D eigenvalue weighted by atomic mass is 10.2. The zero-order valence-electron chi connectivity index (χ0n) is 16.5. The van der Waals surface area contributed by atoms with Crippen LogP contribution < -0.4 is 10.2 Å². The maximum Gasteiger partial charge on any atom is 0.228 e. The fourth-order valence-electron chi connectivity index (χ4n) is 3.39. The lowest BCUT2D eigenvalue weighted by molar-refractivity contribution is -0.122. The highest BCUT2D eigenvalue weighted by Gasteiger charge is 2.24. The second-order valence-corrected chi connectivity index (χ2v) is 7.11. The van der Waals surface area contributed by atoms with Crippen molar-refractivity contribution in [2.24, 2.45) is 0 Å². The third-order valence-corrected chi connectivity index (χ3v) is 4.83. The molecular weight excluding hydrogens is 387 g/mol. The second-order valence-electron chi connectivity index (χ2n) is 7.11. The molecule has 0 unspecified atom stereocenters. The highest BCUT2D eigenvalue weighted by molar-refractivity contribution is 5.97. The molecule has 30 heavy (non-hydrogen) atoms. The molecule has 0 saturated heterocycles. The standard InChI is InChI=1S/C21H21FN6O2/c1-14-11-20-27(9-2-10-28(20)26-14)21(30)8-7-19(29)25-18-6-3-15(12-24-18)17-5-4-16(22)13-23-17/h3-6,11-13H,2,7-10H2,1H3,(H,24,25,29). The number of nitrogens with zero attached hydrogens (tertiary/aromatic N) is 5. The Kier molecular flexibility index (Phi) is 5.51. The first kappa shape index (κ1) is 19.7. The summed E-state index contributed by atoms with van der Waals surface area (Å²) in [6, 6.07) is 8.16. The second kappa shape index (κ2) is 8.40. The SMILES string of the molecule is Cc1cc2n(n1)CCCN2C(=O)CCC(=O)Nc1ccc(-c2ccc(F)cn2)cn1. The Morgan fingerprint density at radius 3 is 2.70 bits per heavy atom. The molecule has 0 saturated carbocycles. The van der Waals surface area contributed by atoms with E-state index in [4.69, 9.17) is 0 Å². The largest absolute Gasteiger partial charge is 0.311 e. The van der Waals surface area contributed by atoms with Gasteiger partial charge in [0, 0.05) is 43.8 Å². The topological polar surface area (TPSA) is 93.0 Å². The Bertz CT molecular complexity index is 1060. The fraction of sp³-hybridized carbons (Fsp3) is 0.286. The summed E-state index contributed by atoms with van der Waals surface area (Å²) in [5.41, 5.74) is 2.16. The maximum atomic E-state index is 13.0. The molecule has 2 amide bonds. The zero-order chi connectivity index (χ0) is 21.1. The van der Waals surface area contributed by atoms with E-state index < -0.39 is 5.82 Å². The number of amides is 2. The van der Waals surface area contributed by atoms with Gasteiger partial charge in [-0.15, -0.1) is 0 Å². The van der Waals surface area contributed by atoms with Gasteiger partial charge in [0.2, 0.25) is 11.8 Å². The van der Waals surface area contributed by atoms with E-state index in [0.717, 1.165) is 30.7 Å². The molecule has 0 atom stereocenters. The van der Waals surface area contributed by atoms with E-state index in [9.17, 15) is 14.0 Å². The molecule has 0 fully saturated rings. The maximum absolute atomic E-state index is 13.0. The summed E-state index contributed by atoms with van der Waals surface area (Å²) in [4.78, 5) is 34.7. The van der Waals surface area contributed by atoms with Crippen molar-refractivity contribution in [3.63, 3.8) is 0 Å². The highest BCUT2D eigenvalue weighted by Crippen LogP contribution is 2.23. The molecule has 0 aromatic carbocycles. The molecule has 0 radical (unpaired) electrons. The predicted molar refractivity (Wildman–Crippen MR) is 109 cm³/mol. The molecule has 8 nitrogen and oxygen atoms in total. The number of rotatable bonds is 5. The molecule has 1 N–H and O–H groups in total. The lowest BCUT2D eigenvalue weighted by Gasteiger charge is -2.27. The molecule has 4 heterocycles. The fourth-order valence-corrected chi connectivity index (χ4v) is 3.39. The first-order chi connectivity index (χ1) is 14.5. The van der Waals surface area contributed by atoms with Gasteiger partial charge in [0.05, 0.1) is 17.6 Å². The van der Waals surface area contributed by atoms with Crippen molar-refractivity contribution < 1.29 is 14.0 Å². The van der Waals surface area contributed by atoms with E-state index in [1.54, 1.807) is 29.3 Å². The van der Waals surface area contributed by atoms with E-state index in [1.807, 2.05) is 17.7 Å². The van der Waals surface area contributed by atoms with Crippen LogP contribution in [0.4, 0.5) is 16.0 Å². The predicted octanol–water partition coefficient (Wildman–Crippen LogP) is 2.94. The molecule has 4 rings (SSSR count). The van der Waals surface area contributed by atoms with Crippen LogP contribution in [0.5, 0.6) is 0 Å². The monoisotopic (exact) mass is 408 g/mol. The Morgan fingerprint density at radius 2 is 1.97 bits per heavy atom.